The van der Waals surface area contributed by atoms with Gasteiger partial charge in [0.2, 0.25) is 5.82 Å². The monoisotopic (exact) mass is 417 g/mol. The summed E-state index contributed by atoms with van der Waals surface area (Å²) in [6.07, 6.45) is 1.45. The van der Waals surface area contributed by atoms with Gasteiger partial charge in [-0.3, -0.25) is 0 Å². The van der Waals surface area contributed by atoms with Gasteiger partial charge in [0.25, 0.3) is 5.89 Å². The van der Waals surface area contributed by atoms with E-state index in [0.717, 1.165) is 5.56 Å². The molecule has 0 N–H and O–H groups in total. The third-order valence-electron chi connectivity index (χ3n) is 4.47. The maximum absolute atomic E-state index is 12.3. The minimum absolute atomic E-state index is 0.131. The summed E-state index contributed by atoms with van der Waals surface area (Å²) in [7, 11) is 0. The topological polar surface area (TPSA) is 98.2 Å². The highest BCUT2D eigenvalue weighted by molar-refractivity contribution is 5.97. The van der Waals surface area contributed by atoms with Crippen molar-refractivity contribution in [2.45, 2.75) is 33.3 Å². The van der Waals surface area contributed by atoms with Crippen molar-refractivity contribution in [3.05, 3.63) is 71.1 Å². The molecule has 0 unspecified atom stereocenters. The molecule has 0 fully saturated rings. The van der Waals surface area contributed by atoms with Gasteiger partial charge in [-0.1, -0.05) is 55.4 Å². The van der Waals surface area contributed by atoms with Gasteiger partial charge < -0.3 is 14.0 Å². The lowest BCUT2D eigenvalue weighted by Gasteiger charge is -2.04. The first-order chi connectivity index (χ1) is 15.0. The van der Waals surface area contributed by atoms with Crippen molar-refractivity contribution in [2.24, 2.45) is 0 Å². The predicted octanol–water partition coefficient (Wildman–Crippen LogP) is 4.91. The van der Waals surface area contributed by atoms with E-state index in [9.17, 15) is 10.1 Å². The van der Waals surface area contributed by atoms with Crippen LogP contribution < -0.4 is 4.74 Å². The lowest BCUT2D eigenvalue weighted by molar-refractivity contribution is -0.140. The van der Waals surface area contributed by atoms with Crippen LogP contribution in [0.4, 0.5) is 0 Å². The van der Waals surface area contributed by atoms with E-state index in [2.05, 4.69) is 24.0 Å². The molecule has 0 bridgehead atoms. The Kier molecular flexibility index (Phi) is 7.17. The molecule has 0 radical (unpaired) electrons. The zero-order valence-corrected chi connectivity index (χ0v) is 17.7. The Hall–Kier alpha value is -3.92. The quantitative estimate of drug-likeness (QED) is 0.292. The Morgan fingerprint density at radius 2 is 1.87 bits per heavy atom. The molecule has 3 aromatic rings. The number of esters is 1. The standard InChI is InChI=1S/C24H23N3O4/c1-4-29-21-11-5-17(6-12-21)13-20(14-25)24(28)30-15-22-26-23(27-31-22)19-9-7-18(8-10-19)16(2)3/h5-13,16H,4,15H2,1-3H3/b20-13+. The Balaban J connectivity index is 1.62. The van der Waals surface area contributed by atoms with Crippen LogP contribution in [0.2, 0.25) is 0 Å². The zero-order chi connectivity index (χ0) is 22.2. The van der Waals surface area contributed by atoms with E-state index in [0.29, 0.717) is 29.7 Å². The van der Waals surface area contributed by atoms with Crippen molar-refractivity contribution in [3.8, 4) is 23.2 Å². The SMILES string of the molecule is CCOc1ccc(/C=C(\C#N)C(=O)OCc2nc(-c3ccc(C(C)C)cc3)no2)cc1. The van der Waals surface area contributed by atoms with Gasteiger partial charge in [-0.2, -0.15) is 10.2 Å². The van der Waals surface area contributed by atoms with Crippen LogP contribution >= 0.6 is 0 Å². The Labute approximate surface area is 180 Å². The van der Waals surface area contributed by atoms with Crippen LogP contribution in [-0.2, 0) is 16.1 Å². The summed E-state index contributed by atoms with van der Waals surface area (Å²) < 4.78 is 15.7. The van der Waals surface area contributed by atoms with Crippen LogP contribution in [-0.4, -0.2) is 22.7 Å². The van der Waals surface area contributed by atoms with Crippen LogP contribution in [0.25, 0.3) is 17.5 Å². The highest BCUT2D eigenvalue weighted by Crippen LogP contribution is 2.21. The molecule has 0 aliphatic rings. The number of rotatable bonds is 8. The summed E-state index contributed by atoms with van der Waals surface area (Å²) in [5, 5.41) is 13.2. The largest absolute Gasteiger partial charge is 0.494 e. The van der Waals surface area contributed by atoms with E-state index in [1.54, 1.807) is 24.3 Å². The summed E-state index contributed by atoms with van der Waals surface area (Å²) in [6, 6.07) is 16.8. The lowest BCUT2D eigenvalue weighted by atomic mass is 10.0. The molecule has 0 atom stereocenters. The lowest BCUT2D eigenvalue weighted by Crippen LogP contribution is -2.07. The van der Waals surface area contributed by atoms with E-state index >= 15 is 0 Å². The molecule has 0 aliphatic carbocycles. The van der Waals surface area contributed by atoms with Gasteiger partial charge in [0.1, 0.15) is 17.4 Å². The van der Waals surface area contributed by atoms with Crippen LogP contribution in [0, 0.1) is 11.3 Å². The Morgan fingerprint density at radius 3 is 2.48 bits per heavy atom. The second-order valence-electron chi connectivity index (χ2n) is 7.04. The summed E-state index contributed by atoms with van der Waals surface area (Å²) in [5.41, 5.74) is 2.57. The molecule has 1 heterocycles. The van der Waals surface area contributed by atoms with Crippen LogP contribution in [0.5, 0.6) is 5.75 Å². The van der Waals surface area contributed by atoms with Gasteiger partial charge in [0, 0.05) is 5.56 Å². The average Bonchev–Trinajstić information content (AvgIpc) is 3.26. The van der Waals surface area contributed by atoms with Gasteiger partial charge in [-0.15, -0.1) is 0 Å². The number of nitriles is 1. The summed E-state index contributed by atoms with van der Waals surface area (Å²) in [5.74, 6) is 0.935. The van der Waals surface area contributed by atoms with E-state index in [1.165, 1.54) is 11.6 Å². The van der Waals surface area contributed by atoms with Crippen molar-refractivity contribution in [1.29, 1.82) is 5.26 Å². The molecule has 3 rings (SSSR count). The van der Waals surface area contributed by atoms with E-state index < -0.39 is 5.97 Å². The molecule has 7 nitrogen and oxygen atoms in total. The van der Waals surface area contributed by atoms with Crippen LogP contribution in [0.1, 0.15) is 43.7 Å². The maximum atomic E-state index is 12.3. The molecular weight excluding hydrogens is 394 g/mol. The molecule has 0 aliphatic heterocycles. The average molecular weight is 417 g/mol. The maximum Gasteiger partial charge on any atom is 0.349 e. The molecule has 7 heteroatoms. The van der Waals surface area contributed by atoms with Gasteiger partial charge in [-0.05, 0) is 42.2 Å². The van der Waals surface area contributed by atoms with Crippen LogP contribution in [0.15, 0.2) is 58.6 Å². The van der Waals surface area contributed by atoms with Gasteiger partial charge in [0.05, 0.1) is 6.61 Å². The fourth-order valence-corrected chi connectivity index (χ4v) is 2.78. The molecule has 158 valence electrons. The normalized spacial score (nSPS) is 11.3. The minimum atomic E-state index is -0.766. The fourth-order valence-electron chi connectivity index (χ4n) is 2.78. The number of hydrogen-bond acceptors (Lipinski definition) is 7. The Bertz CT molecular complexity index is 1090. The van der Waals surface area contributed by atoms with Gasteiger partial charge >= 0.3 is 5.97 Å². The summed E-state index contributed by atoms with van der Waals surface area (Å²) >= 11 is 0. The molecule has 31 heavy (non-hydrogen) atoms. The first-order valence-electron chi connectivity index (χ1n) is 9.94. The number of carbonyl (C=O) groups excluding carboxylic acids is 1. The van der Waals surface area contributed by atoms with E-state index in [1.807, 2.05) is 37.3 Å². The third-order valence-corrected chi connectivity index (χ3v) is 4.47. The highest BCUT2D eigenvalue weighted by Gasteiger charge is 2.15. The summed E-state index contributed by atoms with van der Waals surface area (Å²) in [4.78, 5) is 16.5. The fraction of sp³-hybridized carbons (Fsp3) is 0.250. The number of hydrogen-bond donors (Lipinski definition) is 0. The second-order valence-corrected chi connectivity index (χ2v) is 7.04. The number of aromatic nitrogens is 2. The van der Waals surface area contributed by atoms with E-state index in [4.69, 9.17) is 14.0 Å². The Morgan fingerprint density at radius 1 is 1.16 bits per heavy atom. The second kappa shape index (κ2) is 10.2. The number of carbonyl (C=O) groups is 1. The van der Waals surface area contributed by atoms with Gasteiger partial charge in [-0.25, -0.2) is 4.79 Å². The smallest absolute Gasteiger partial charge is 0.349 e. The van der Waals surface area contributed by atoms with E-state index in [-0.39, 0.29) is 18.1 Å². The van der Waals surface area contributed by atoms with Crippen molar-refractivity contribution >= 4 is 12.0 Å². The van der Waals surface area contributed by atoms with Crippen molar-refractivity contribution in [2.75, 3.05) is 6.61 Å². The number of benzene rings is 2. The molecule has 1 aromatic heterocycles. The minimum Gasteiger partial charge on any atom is -0.494 e. The molecule has 0 amide bonds. The highest BCUT2D eigenvalue weighted by atomic mass is 16.6. The number of ether oxygens (including phenoxy) is 2. The summed E-state index contributed by atoms with van der Waals surface area (Å²) in [6.45, 7) is 6.47. The molecule has 2 aromatic carbocycles. The van der Waals surface area contributed by atoms with Crippen molar-refractivity contribution in [3.63, 3.8) is 0 Å². The van der Waals surface area contributed by atoms with Crippen LogP contribution in [0.3, 0.4) is 0 Å². The molecular formula is C24H23N3O4. The van der Waals surface area contributed by atoms with Crippen molar-refractivity contribution < 1.29 is 18.8 Å². The first kappa shape index (κ1) is 21.8. The number of nitrogens with zero attached hydrogens (tertiary/aromatic N) is 3. The van der Waals surface area contributed by atoms with Gasteiger partial charge in [0.15, 0.2) is 6.61 Å². The first-order valence-corrected chi connectivity index (χ1v) is 9.94. The van der Waals surface area contributed by atoms with Crippen molar-refractivity contribution in [1.82, 2.24) is 10.1 Å². The molecule has 0 saturated carbocycles. The zero-order valence-electron chi connectivity index (χ0n) is 17.7. The molecule has 0 saturated heterocycles. The predicted molar refractivity (Wildman–Crippen MR) is 115 cm³/mol. The third kappa shape index (κ3) is 5.80. The molecule has 0 spiro atoms.